The van der Waals surface area contributed by atoms with Crippen LogP contribution in [0.25, 0.3) is 0 Å². The summed E-state index contributed by atoms with van der Waals surface area (Å²) in [6.45, 7) is 4.38. The number of phosphoric acid groups is 2. The molecule has 0 aromatic heterocycles. The third kappa shape index (κ3) is 76.6. The van der Waals surface area contributed by atoms with Crippen LogP contribution in [0.2, 0.25) is 0 Å². The number of carbonyl (C=O) groups excluding carboxylic acids is 4. The number of aliphatic hydroxyl groups excluding tert-OH is 1. The second kappa shape index (κ2) is 77.6. The maximum absolute atomic E-state index is 13.1. The van der Waals surface area contributed by atoms with E-state index in [2.05, 4.69) is 174 Å². The van der Waals surface area contributed by atoms with Crippen molar-refractivity contribution >= 4 is 39.5 Å². The summed E-state index contributed by atoms with van der Waals surface area (Å²) >= 11 is 0. The predicted octanol–water partition coefficient (Wildman–Crippen LogP) is 23.8. The molecule has 0 bridgehead atoms. The van der Waals surface area contributed by atoms with E-state index in [1.807, 2.05) is 12.2 Å². The molecule has 0 aliphatic rings. The highest BCUT2D eigenvalue weighted by Gasteiger charge is 2.30. The smallest absolute Gasteiger partial charge is 0.462 e. The lowest BCUT2D eigenvalue weighted by atomic mass is 10.1. The molecule has 0 aliphatic heterocycles. The average Bonchev–Trinajstić information content (AvgIpc) is 0.903. The van der Waals surface area contributed by atoms with E-state index >= 15 is 0 Å². The van der Waals surface area contributed by atoms with Gasteiger partial charge in [-0.15, -0.1) is 0 Å². The van der Waals surface area contributed by atoms with E-state index in [-0.39, 0.29) is 25.7 Å². The van der Waals surface area contributed by atoms with Gasteiger partial charge in [-0.05, 0) is 154 Å². The molecule has 0 rings (SSSR count). The Morgan fingerprint density at radius 2 is 0.547 bits per heavy atom. The molecule has 0 saturated carbocycles. The van der Waals surface area contributed by atoms with Crippen molar-refractivity contribution in [3.63, 3.8) is 0 Å². The van der Waals surface area contributed by atoms with Crippen LogP contribution in [0.4, 0.5) is 0 Å². The van der Waals surface area contributed by atoms with Crippen LogP contribution in [-0.4, -0.2) is 96.7 Å². The van der Waals surface area contributed by atoms with Crippen LogP contribution in [0, 0.1) is 0 Å². The molecule has 5 unspecified atom stereocenters. The first-order chi connectivity index (χ1) is 51.7. The maximum atomic E-state index is 13.1. The molecule has 0 spiro atoms. The number of rotatable bonds is 74. The zero-order valence-corrected chi connectivity index (χ0v) is 67.6. The number of ether oxygens (including phenoxy) is 4. The molecule has 0 fully saturated rings. The minimum atomic E-state index is -5.01. The van der Waals surface area contributed by atoms with Crippen molar-refractivity contribution in [3.8, 4) is 0 Å². The second-order valence-electron chi connectivity index (χ2n) is 26.3. The summed E-state index contributed by atoms with van der Waals surface area (Å²) in [5.74, 6) is -2.38. The van der Waals surface area contributed by atoms with Gasteiger partial charge in [0.1, 0.15) is 19.3 Å². The Labute approximate surface area is 642 Å². The van der Waals surface area contributed by atoms with Gasteiger partial charge in [0, 0.05) is 19.3 Å². The van der Waals surface area contributed by atoms with Gasteiger partial charge in [-0.3, -0.25) is 37.3 Å². The standard InChI is InChI=1S/C87H142O17P2/c1-5-9-13-17-21-25-29-33-36-38-40-42-45-48-51-55-59-63-67-71-84(89)97-77-82(103-86(91)73-69-65-61-57-53-47-32-28-24-20-16-12-8-4)79-101-105(93,94)99-75-81(88)76-100-106(95,96)102-80-83(104-87(92)74-70-66-62-58-54-50-44-35-31-27-23-19-15-11-7-3)78-98-85(90)72-68-64-60-56-52-49-46-43-41-39-37-34-30-26-22-18-14-10-6-2/h10-11,14-16,20-23,25-28,32-37,40-44,54,58,66,70,81-83,88H,5-9,12-13,17-19,24,29-31,38-39,45-53,55-57,59-65,67-69,71-80H2,1-4H3,(H,93,94)(H,95,96)/b14-10-,15-11-,20-16-,25-21-,26-22-,27-23-,32-28-,36-33-,37-34-,42-40-,43-41-,44-35-,58-54-,70-66-. The summed E-state index contributed by atoms with van der Waals surface area (Å²) in [6, 6.07) is 0. The molecular formula is C87H142O17P2. The van der Waals surface area contributed by atoms with E-state index in [0.29, 0.717) is 25.7 Å². The fourth-order valence-electron chi connectivity index (χ4n) is 10.1. The Balaban J connectivity index is 5.44. The molecule has 0 aliphatic carbocycles. The van der Waals surface area contributed by atoms with Crippen LogP contribution >= 0.6 is 15.6 Å². The van der Waals surface area contributed by atoms with Crippen LogP contribution < -0.4 is 0 Å². The van der Waals surface area contributed by atoms with Gasteiger partial charge in [0.05, 0.1) is 32.8 Å². The molecule has 0 aromatic rings. The molecule has 0 radical (unpaired) electrons. The number of carbonyl (C=O) groups is 4. The zero-order chi connectivity index (χ0) is 77.4. The van der Waals surface area contributed by atoms with Crippen molar-refractivity contribution in [1.82, 2.24) is 0 Å². The van der Waals surface area contributed by atoms with Gasteiger partial charge in [-0.1, -0.05) is 288 Å². The molecule has 0 saturated heterocycles. The number of hydrogen-bond acceptors (Lipinski definition) is 15. The zero-order valence-electron chi connectivity index (χ0n) is 65.8. The minimum absolute atomic E-state index is 0.0677. The molecular weight excluding hydrogens is 1380 g/mol. The fourth-order valence-corrected chi connectivity index (χ4v) is 11.7. The number of esters is 4. The molecule has 106 heavy (non-hydrogen) atoms. The average molecular weight is 1520 g/mol. The first kappa shape index (κ1) is 100. The van der Waals surface area contributed by atoms with E-state index in [0.717, 1.165) is 199 Å². The molecule has 19 heteroatoms. The van der Waals surface area contributed by atoms with Crippen molar-refractivity contribution in [3.05, 3.63) is 170 Å². The lowest BCUT2D eigenvalue weighted by Gasteiger charge is -2.21. The van der Waals surface area contributed by atoms with E-state index < -0.39 is 97.5 Å². The van der Waals surface area contributed by atoms with Crippen molar-refractivity contribution in [2.24, 2.45) is 0 Å². The summed E-state index contributed by atoms with van der Waals surface area (Å²) < 4.78 is 68.5. The Morgan fingerprint density at radius 3 is 0.877 bits per heavy atom. The quantitative estimate of drug-likeness (QED) is 0.0169. The number of unbranched alkanes of at least 4 members (excludes halogenated alkanes) is 21. The number of allylic oxidation sites excluding steroid dienone is 27. The molecule has 0 amide bonds. The summed E-state index contributed by atoms with van der Waals surface area (Å²) in [4.78, 5) is 73.0. The fraction of sp³-hybridized carbons (Fsp3) is 0.632. The Morgan fingerprint density at radius 1 is 0.283 bits per heavy atom. The summed E-state index contributed by atoms with van der Waals surface area (Å²) in [7, 11) is -10.0. The maximum Gasteiger partial charge on any atom is 0.472 e. The highest BCUT2D eigenvalue weighted by Crippen LogP contribution is 2.45. The third-order valence-corrected chi connectivity index (χ3v) is 18.1. The van der Waals surface area contributed by atoms with E-state index in [1.165, 1.54) is 19.3 Å². The van der Waals surface area contributed by atoms with E-state index in [9.17, 15) is 43.2 Å². The Kier molecular flexibility index (Phi) is 73.5. The van der Waals surface area contributed by atoms with E-state index in [4.69, 9.17) is 37.0 Å². The number of aliphatic hydroxyl groups is 1. The first-order valence-corrected chi connectivity index (χ1v) is 43.4. The van der Waals surface area contributed by atoms with Crippen LogP contribution in [0.1, 0.15) is 297 Å². The van der Waals surface area contributed by atoms with Gasteiger partial charge < -0.3 is 33.8 Å². The second-order valence-corrected chi connectivity index (χ2v) is 29.2. The number of phosphoric ester groups is 2. The Bertz CT molecular complexity index is 2680. The normalized spacial score (nSPS) is 14.7. The van der Waals surface area contributed by atoms with Crippen LogP contribution in [0.15, 0.2) is 170 Å². The number of hydrogen-bond donors (Lipinski definition) is 3. The molecule has 3 N–H and O–H groups in total. The lowest BCUT2D eigenvalue weighted by Crippen LogP contribution is -2.30. The van der Waals surface area contributed by atoms with E-state index in [1.54, 1.807) is 12.2 Å². The molecule has 17 nitrogen and oxygen atoms in total. The molecule has 0 aromatic carbocycles. The largest absolute Gasteiger partial charge is 0.472 e. The molecule has 0 heterocycles. The van der Waals surface area contributed by atoms with Gasteiger partial charge in [0.25, 0.3) is 0 Å². The third-order valence-electron chi connectivity index (χ3n) is 16.2. The molecule has 5 atom stereocenters. The van der Waals surface area contributed by atoms with Gasteiger partial charge in [-0.2, -0.15) is 0 Å². The van der Waals surface area contributed by atoms with Gasteiger partial charge in [0.15, 0.2) is 12.2 Å². The highest BCUT2D eigenvalue weighted by molar-refractivity contribution is 7.47. The van der Waals surface area contributed by atoms with Gasteiger partial charge >= 0.3 is 39.5 Å². The van der Waals surface area contributed by atoms with Crippen molar-refractivity contribution in [1.29, 1.82) is 0 Å². The molecule has 602 valence electrons. The van der Waals surface area contributed by atoms with Crippen LogP contribution in [-0.2, 0) is 65.4 Å². The Hall–Kier alpha value is -5.58. The topological polar surface area (TPSA) is 237 Å². The first-order valence-electron chi connectivity index (χ1n) is 40.4. The van der Waals surface area contributed by atoms with Gasteiger partial charge in [0.2, 0.25) is 0 Å². The summed E-state index contributed by atoms with van der Waals surface area (Å²) in [5.41, 5.74) is 0. The summed E-state index contributed by atoms with van der Waals surface area (Å²) in [5, 5.41) is 10.6. The highest BCUT2D eigenvalue weighted by atomic mass is 31.2. The van der Waals surface area contributed by atoms with Crippen LogP contribution in [0.5, 0.6) is 0 Å². The predicted molar refractivity (Wildman–Crippen MR) is 436 cm³/mol. The van der Waals surface area contributed by atoms with Crippen LogP contribution in [0.3, 0.4) is 0 Å². The summed E-state index contributed by atoms with van der Waals surface area (Å²) in [6.07, 6.45) is 92.2. The monoisotopic (exact) mass is 1520 g/mol. The van der Waals surface area contributed by atoms with Crippen molar-refractivity contribution < 1.29 is 80.2 Å². The lowest BCUT2D eigenvalue weighted by molar-refractivity contribution is -0.161. The van der Waals surface area contributed by atoms with Crippen molar-refractivity contribution in [2.75, 3.05) is 39.6 Å². The van der Waals surface area contributed by atoms with Gasteiger partial charge in [-0.25, -0.2) is 9.13 Å². The van der Waals surface area contributed by atoms with Crippen molar-refractivity contribution in [2.45, 2.75) is 316 Å². The minimum Gasteiger partial charge on any atom is -0.462 e. The SMILES string of the molecule is CC/C=C\C/C=C\C/C=C\C/C=C\C/C=C\CC(=O)OC(COC(=O)CCCCCCCC/C=C\C/C=C\C/C=C\C/C=C\CC)COP(=O)(O)OCC(O)COP(=O)(O)OCC(COC(=O)CCCCCCCC/C=C\C/C=C\C/C=C\CCCCC)OC(=O)CCCCCCC/C=C\C/C=C\CCC.